The minimum Gasteiger partial charge on any atom is -0.262 e. The van der Waals surface area contributed by atoms with Gasteiger partial charge in [0.05, 0.1) is 5.69 Å². The molecule has 0 aliphatic rings. The Kier molecular flexibility index (Phi) is 5.22. The first-order chi connectivity index (χ1) is 12.3. The molecule has 1 aromatic carbocycles. The van der Waals surface area contributed by atoms with Gasteiger partial charge in [-0.1, -0.05) is 0 Å². The zero-order valence-corrected chi connectivity index (χ0v) is 15.7. The number of rotatable bonds is 6. The average molecular weight is 397 g/mol. The van der Waals surface area contributed by atoms with E-state index in [1.54, 1.807) is 22.3 Å². The molecule has 0 unspecified atom stereocenters. The first-order valence-corrected chi connectivity index (χ1v) is 10.2. The minimum atomic E-state index is -3.79. The van der Waals surface area contributed by atoms with Gasteiger partial charge in [-0.2, -0.15) is 5.10 Å². The van der Waals surface area contributed by atoms with Crippen LogP contribution in [0.4, 0.5) is 8.78 Å². The Labute approximate surface area is 154 Å². The number of nitrogens with zero attached hydrogens (tertiary/aromatic N) is 2. The van der Waals surface area contributed by atoms with Crippen LogP contribution in [0, 0.1) is 11.6 Å². The molecule has 2 aromatic heterocycles. The SMILES string of the molecule is CC(C)n1nccc1-c1csc(S(=O)(=O)NCc2cc(F)cc(F)c2)c1. The van der Waals surface area contributed by atoms with Crippen LogP contribution in [0.3, 0.4) is 0 Å². The van der Waals surface area contributed by atoms with Gasteiger partial charge < -0.3 is 0 Å². The van der Waals surface area contributed by atoms with Crippen molar-refractivity contribution in [1.29, 1.82) is 0 Å². The molecule has 9 heteroatoms. The van der Waals surface area contributed by atoms with Gasteiger partial charge in [0.25, 0.3) is 0 Å². The van der Waals surface area contributed by atoms with E-state index in [-0.39, 0.29) is 22.4 Å². The van der Waals surface area contributed by atoms with Crippen LogP contribution >= 0.6 is 11.3 Å². The quantitative estimate of drug-likeness (QED) is 0.685. The number of nitrogens with one attached hydrogen (secondary N) is 1. The lowest BCUT2D eigenvalue weighted by Crippen LogP contribution is -2.22. The van der Waals surface area contributed by atoms with Crippen molar-refractivity contribution in [2.24, 2.45) is 0 Å². The average Bonchev–Trinajstić information content (AvgIpc) is 3.21. The maximum atomic E-state index is 13.2. The Bertz CT molecular complexity index is 1010. The van der Waals surface area contributed by atoms with E-state index in [4.69, 9.17) is 0 Å². The van der Waals surface area contributed by atoms with Crippen molar-refractivity contribution < 1.29 is 17.2 Å². The summed E-state index contributed by atoms with van der Waals surface area (Å²) in [6, 6.07) is 6.44. The molecule has 3 aromatic rings. The standard InChI is InChI=1S/C17H17F2N3O2S2/c1-11(2)22-16(3-4-20-22)13-7-17(25-10-13)26(23,24)21-9-12-5-14(18)8-15(19)6-12/h3-8,10-11,21H,9H2,1-2H3. The molecule has 26 heavy (non-hydrogen) atoms. The van der Waals surface area contributed by atoms with Crippen molar-refractivity contribution in [2.45, 2.75) is 30.6 Å². The second-order valence-electron chi connectivity index (χ2n) is 6.01. The summed E-state index contributed by atoms with van der Waals surface area (Å²) in [4.78, 5) is 0. The zero-order chi connectivity index (χ0) is 18.9. The van der Waals surface area contributed by atoms with Crippen LogP contribution in [-0.4, -0.2) is 18.2 Å². The van der Waals surface area contributed by atoms with E-state index in [9.17, 15) is 17.2 Å². The van der Waals surface area contributed by atoms with Crippen molar-refractivity contribution in [1.82, 2.24) is 14.5 Å². The largest absolute Gasteiger partial charge is 0.262 e. The van der Waals surface area contributed by atoms with Gasteiger partial charge in [0.15, 0.2) is 0 Å². The minimum absolute atomic E-state index is 0.126. The predicted octanol–water partition coefficient (Wildman–Crippen LogP) is 3.95. The summed E-state index contributed by atoms with van der Waals surface area (Å²) in [6.07, 6.45) is 1.66. The van der Waals surface area contributed by atoms with Crippen molar-refractivity contribution in [3.05, 3.63) is 59.1 Å². The van der Waals surface area contributed by atoms with Crippen LogP contribution in [0.5, 0.6) is 0 Å². The molecule has 0 atom stereocenters. The second-order valence-corrected chi connectivity index (χ2v) is 8.92. The fourth-order valence-corrected chi connectivity index (χ4v) is 4.74. The number of sulfonamides is 1. The Hall–Kier alpha value is -2.10. The van der Waals surface area contributed by atoms with Crippen LogP contribution in [0.15, 0.2) is 46.1 Å². The van der Waals surface area contributed by atoms with Gasteiger partial charge >= 0.3 is 0 Å². The molecule has 0 bridgehead atoms. The molecule has 2 heterocycles. The van der Waals surface area contributed by atoms with Gasteiger partial charge in [-0.05, 0) is 43.7 Å². The highest BCUT2D eigenvalue weighted by Gasteiger charge is 2.19. The molecule has 0 saturated carbocycles. The van der Waals surface area contributed by atoms with Crippen LogP contribution < -0.4 is 4.72 Å². The number of hydrogen-bond acceptors (Lipinski definition) is 4. The number of thiophene rings is 1. The molecular formula is C17H17F2N3O2S2. The maximum Gasteiger partial charge on any atom is 0.250 e. The third-order valence-corrected chi connectivity index (χ3v) is 6.52. The molecule has 0 amide bonds. The van der Waals surface area contributed by atoms with E-state index >= 15 is 0 Å². The van der Waals surface area contributed by atoms with Crippen molar-refractivity contribution in [3.63, 3.8) is 0 Å². The maximum absolute atomic E-state index is 13.2. The molecule has 0 aliphatic heterocycles. The highest BCUT2D eigenvalue weighted by molar-refractivity contribution is 7.91. The lowest BCUT2D eigenvalue weighted by atomic mass is 10.2. The van der Waals surface area contributed by atoms with Gasteiger partial charge in [0, 0.05) is 35.8 Å². The summed E-state index contributed by atoms with van der Waals surface area (Å²) in [5.41, 5.74) is 1.78. The van der Waals surface area contributed by atoms with E-state index in [2.05, 4.69) is 9.82 Å². The molecule has 5 nitrogen and oxygen atoms in total. The fraction of sp³-hybridized carbons (Fsp3) is 0.235. The highest BCUT2D eigenvalue weighted by Crippen LogP contribution is 2.29. The van der Waals surface area contributed by atoms with Crippen molar-refractivity contribution >= 4 is 21.4 Å². The lowest BCUT2D eigenvalue weighted by molar-refractivity contribution is 0.538. The molecule has 0 saturated heterocycles. The predicted molar refractivity (Wildman–Crippen MR) is 96.3 cm³/mol. The van der Waals surface area contributed by atoms with E-state index in [1.165, 1.54) is 0 Å². The van der Waals surface area contributed by atoms with E-state index in [1.807, 2.05) is 19.9 Å². The summed E-state index contributed by atoms with van der Waals surface area (Å²) in [5.74, 6) is -1.50. The molecule has 3 rings (SSSR count). The summed E-state index contributed by atoms with van der Waals surface area (Å²) in [5, 5.41) is 5.98. The normalized spacial score (nSPS) is 12.0. The smallest absolute Gasteiger partial charge is 0.250 e. The van der Waals surface area contributed by atoms with E-state index in [0.717, 1.165) is 40.8 Å². The second kappa shape index (κ2) is 7.26. The monoisotopic (exact) mass is 397 g/mol. The Balaban J connectivity index is 1.80. The molecule has 0 aliphatic carbocycles. The van der Waals surface area contributed by atoms with E-state index in [0.29, 0.717) is 0 Å². The summed E-state index contributed by atoms with van der Waals surface area (Å²) < 4.78 is 55.7. The van der Waals surface area contributed by atoms with Crippen LogP contribution in [0.1, 0.15) is 25.5 Å². The van der Waals surface area contributed by atoms with Gasteiger partial charge in [0.2, 0.25) is 10.0 Å². The highest BCUT2D eigenvalue weighted by atomic mass is 32.2. The topological polar surface area (TPSA) is 64.0 Å². The summed E-state index contributed by atoms with van der Waals surface area (Å²) in [6.45, 7) is 3.77. The van der Waals surface area contributed by atoms with Crippen LogP contribution in [0.25, 0.3) is 11.3 Å². The third kappa shape index (κ3) is 4.00. The summed E-state index contributed by atoms with van der Waals surface area (Å²) >= 11 is 1.08. The number of benzene rings is 1. The molecule has 138 valence electrons. The van der Waals surface area contributed by atoms with Crippen molar-refractivity contribution in [3.8, 4) is 11.3 Å². The molecule has 0 spiro atoms. The Morgan fingerprint density at radius 2 is 1.88 bits per heavy atom. The lowest BCUT2D eigenvalue weighted by Gasteiger charge is -2.09. The number of hydrogen-bond donors (Lipinski definition) is 1. The van der Waals surface area contributed by atoms with E-state index < -0.39 is 21.7 Å². The summed E-state index contributed by atoms with van der Waals surface area (Å²) in [7, 11) is -3.79. The van der Waals surface area contributed by atoms with Gasteiger partial charge in [-0.25, -0.2) is 21.9 Å². The zero-order valence-electron chi connectivity index (χ0n) is 14.1. The van der Waals surface area contributed by atoms with Gasteiger partial charge in [-0.15, -0.1) is 11.3 Å². The molecular weight excluding hydrogens is 380 g/mol. The van der Waals surface area contributed by atoms with Gasteiger partial charge in [0.1, 0.15) is 15.8 Å². The van der Waals surface area contributed by atoms with Gasteiger partial charge in [-0.3, -0.25) is 4.68 Å². The van der Waals surface area contributed by atoms with Crippen LogP contribution in [0.2, 0.25) is 0 Å². The molecule has 0 fully saturated rings. The molecule has 0 radical (unpaired) electrons. The first-order valence-electron chi connectivity index (χ1n) is 7.83. The fourth-order valence-electron chi connectivity index (χ4n) is 2.51. The molecule has 1 N–H and O–H groups in total. The Morgan fingerprint density at radius 3 is 2.54 bits per heavy atom. The first kappa shape index (κ1) is 18.7. The van der Waals surface area contributed by atoms with Crippen LogP contribution in [-0.2, 0) is 16.6 Å². The third-order valence-electron chi connectivity index (χ3n) is 3.68. The number of halogens is 2. The van der Waals surface area contributed by atoms with Crippen molar-refractivity contribution in [2.75, 3.05) is 0 Å². The Morgan fingerprint density at radius 1 is 1.19 bits per heavy atom. The number of aromatic nitrogens is 2.